The zero-order valence-electron chi connectivity index (χ0n) is 8.35. The molecule has 0 bridgehead atoms. The molecule has 0 aliphatic heterocycles. The van der Waals surface area contributed by atoms with Gasteiger partial charge in [-0.2, -0.15) is 0 Å². The van der Waals surface area contributed by atoms with Crippen molar-refractivity contribution < 1.29 is 4.79 Å². The molecule has 0 atom stereocenters. The lowest BCUT2D eigenvalue weighted by atomic mass is 9.91. The fraction of sp³-hybridized carbons (Fsp3) is 0.750. The fourth-order valence-electron chi connectivity index (χ4n) is 1.24. The van der Waals surface area contributed by atoms with Crippen molar-refractivity contribution in [3.63, 3.8) is 0 Å². The van der Waals surface area contributed by atoms with Crippen LogP contribution in [0.3, 0.4) is 0 Å². The van der Waals surface area contributed by atoms with E-state index < -0.39 is 5.54 Å². The molecule has 1 rings (SSSR count). The molecular formula is C8H14N4O. The summed E-state index contributed by atoms with van der Waals surface area (Å²) in [5.74, 6) is 0.110. The van der Waals surface area contributed by atoms with Crippen LogP contribution in [-0.4, -0.2) is 26.0 Å². The number of hydrogen-bond donors (Lipinski definition) is 0. The van der Waals surface area contributed by atoms with Gasteiger partial charge in [-0.1, -0.05) is 13.8 Å². The lowest BCUT2D eigenvalue weighted by Gasteiger charge is -2.24. The molecule has 0 amide bonds. The number of hydrogen-bond acceptors (Lipinski definition) is 4. The molecule has 0 unspecified atom stereocenters. The minimum Gasteiger partial charge on any atom is -0.297 e. The van der Waals surface area contributed by atoms with Crippen molar-refractivity contribution in [1.82, 2.24) is 20.2 Å². The third-order valence-electron chi connectivity index (χ3n) is 2.05. The van der Waals surface area contributed by atoms with E-state index in [9.17, 15) is 4.79 Å². The normalized spacial score (nSPS) is 12.1. The van der Waals surface area contributed by atoms with Crippen LogP contribution >= 0.6 is 0 Å². The maximum atomic E-state index is 11.7. The van der Waals surface area contributed by atoms with Crippen LogP contribution in [0.15, 0.2) is 6.33 Å². The molecule has 0 radical (unpaired) electrons. The van der Waals surface area contributed by atoms with Gasteiger partial charge in [-0.25, -0.2) is 4.68 Å². The summed E-state index contributed by atoms with van der Waals surface area (Å²) in [6.45, 7) is 7.36. The van der Waals surface area contributed by atoms with Gasteiger partial charge in [-0.15, -0.1) is 5.10 Å². The standard InChI is InChI=1S/C8H14N4O/c1-6(2)7(13)8(3,4)12-5-9-10-11-12/h5-6H,1-4H3. The van der Waals surface area contributed by atoms with E-state index in [1.807, 2.05) is 27.7 Å². The topological polar surface area (TPSA) is 60.7 Å². The van der Waals surface area contributed by atoms with E-state index >= 15 is 0 Å². The fourth-order valence-corrected chi connectivity index (χ4v) is 1.24. The van der Waals surface area contributed by atoms with Crippen molar-refractivity contribution in [2.75, 3.05) is 0 Å². The minimum atomic E-state index is -0.655. The zero-order chi connectivity index (χ0) is 10.1. The molecule has 0 saturated heterocycles. The van der Waals surface area contributed by atoms with Gasteiger partial charge in [0.2, 0.25) is 0 Å². The van der Waals surface area contributed by atoms with Gasteiger partial charge in [0.15, 0.2) is 5.78 Å². The maximum absolute atomic E-state index is 11.7. The van der Waals surface area contributed by atoms with Gasteiger partial charge in [-0.3, -0.25) is 4.79 Å². The van der Waals surface area contributed by atoms with Crippen LogP contribution < -0.4 is 0 Å². The number of rotatable bonds is 3. The quantitative estimate of drug-likeness (QED) is 0.688. The van der Waals surface area contributed by atoms with E-state index in [1.54, 1.807) is 0 Å². The summed E-state index contributed by atoms with van der Waals surface area (Å²) in [6, 6.07) is 0. The molecule has 13 heavy (non-hydrogen) atoms. The van der Waals surface area contributed by atoms with E-state index in [4.69, 9.17) is 0 Å². The summed E-state index contributed by atoms with van der Waals surface area (Å²) in [6.07, 6.45) is 1.46. The highest BCUT2D eigenvalue weighted by molar-refractivity contribution is 5.87. The Bertz CT molecular complexity index is 289. The number of aromatic nitrogens is 4. The van der Waals surface area contributed by atoms with Crippen molar-refractivity contribution >= 4 is 5.78 Å². The van der Waals surface area contributed by atoms with E-state index in [-0.39, 0.29) is 11.7 Å². The lowest BCUT2D eigenvalue weighted by molar-refractivity contribution is -0.129. The first-order chi connectivity index (χ1) is 5.96. The van der Waals surface area contributed by atoms with Crippen LogP contribution in [0.1, 0.15) is 27.7 Å². The molecule has 0 aliphatic rings. The lowest BCUT2D eigenvalue weighted by Crippen LogP contribution is -2.39. The highest BCUT2D eigenvalue weighted by atomic mass is 16.1. The summed E-state index contributed by atoms with van der Waals surface area (Å²) >= 11 is 0. The molecule has 0 aromatic carbocycles. The minimum absolute atomic E-state index is 0.0146. The van der Waals surface area contributed by atoms with Gasteiger partial charge in [0.1, 0.15) is 11.9 Å². The summed E-state index contributed by atoms with van der Waals surface area (Å²) in [5, 5.41) is 10.7. The van der Waals surface area contributed by atoms with Gasteiger partial charge in [0.25, 0.3) is 0 Å². The van der Waals surface area contributed by atoms with Crippen LogP contribution in [0.5, 0.6) is 0 Å². The zero-order valence-corrected chi connectivity index (χ0v) is 8.35. The Morgan fingerprint density at radius 2 is 2.08 bits per heavy atom. The molecule has 1 aromatic heterocycles. The number of nitrogens with zero attached hydrogens (tertiary/aromatic N) is 4. The number of carbonyl (C=O) groups excluding carboxylic acids is 1. The molecule has 0 aliphatic carbocycles. The van der Waals surface area contributed by atoms with Crippen LogP contribution in [-0.2, 0) is 10.3 Å². The molecule has 1 heterocycles. The largest absolute Gasteiger partial charge is 0.297 e. The second-order valence-corrected chi connectivity index (χ2v) is 3.83. The van der Waals surface area contributed by atoms with Crippen molar-refractivity contribution in [1.29, 1.82) is 0 Å². The van der Waals surface area contributed by atoms with Gasteiger partial charge < -0.3 is 0 Å². The third-order valence-corrected chi connectivity index (χ3v) is 2.05. The highest BCUT2D eigenvalue weighted by Crippen LogP contribution is 2.18. The Balaban J connectivity index is 2.95. The molecule has 72 valence electrons. The second-order valence-electron chi connectivity index (χ2n) is 3.83. The Morgan fingerprint density at radius 1 is 1.46 bits per heavy atom. The van der Waals surface area contributed by atoms with Crippen LogP contribution in [0.25, 0.3) is 0 Å². The van der Waals surface area contributed by atoms with Crippen LogP contribution in [0.4, 0.5) is 0 Å². The maximum Gasteiger partial charge on any atom is 0.162 e. The molecule has 0 fully saturated rings. The van der Waals surface area contributed by atoms with Gasteiger partial charge in [0, 0.05) is 5.92 Å². The average molecular weight is 182 g/mol. The van der Waals surface area contributed by atoms with Gasteiger partial charge >= 0.3 is 0 Å². The summed E-state index contributed by atoms with van der Waals surface area (Å²) in [7, 11) is 0. The first kappa shape index (κ1) is 9.83. The number of Topliss-reactive ketones (excluding diaryl/α,β-unsaturated/α-hetero) is 1. The number of tetrazole rings is 1. The van der Waals surface area contributed by atoms with E-state index in [0.717, 1.165) is 0 Å². The highest BCUT2D eigenvalue weighted by Gasteiger charge is 2.32. The van der Waals surface area contributed by atoms with E-state index in [2.05, 4.69) is 15.5 Å². The SMILES string of the molecule is CC(C)C(=O)C(C)(C)n1cnnn1. The molecule has 1 aromatic rings. The van der Waals surface area contributed by atoms with Crippen LogP contribution in [0, 0.1) is 5.92 Å². The first-order valence-corrected chi connectivity index (χ1v) is 4.24. The monoisotopic (exact) mass is 182 g/mol. The van der Waals surface area contributed by atoms with Crippen molar-refractivity contribution in [3.8, 4) is 0 Å². The average Bonchev–Trinajstić information content (AvgIpc) is 2.54. The second kappa shape index (κ2) is 3.24. The van der Waals surface area contributed by atoms with Gasteiger partial charge in [0.05, 0.1) is 0 Å². The molecule has 5 nitrogen and oxygen atoms in total. The molecule has 0 N–H and O–H groups in total. The Kier molecular flexibility index (Phi) is 2.45. The molecular weight excluding hydrogens is 168 g/mol. The molecule has 0 spiro atoms. The van der Waals surface area contributed by atoms with Crippen molar-refractivity contribution in [2.45, 2.75) is 33.2 Å². The summed E-state index contributed by atoms with van der Waals surface area (Å²) in [5.41, 5.74) is -0.655. The summed E-state index contributed by atoms with van der Waals surface area (Å²) < 4.78 is 1.48. The van der Waals surface area contributed by atoms with Crippen LogP contribution in [0.2, 0.25) is 0 Å². The predicted molar refractivity (Wildman–Crippen MR) is 47.0 cm³/mol. The van der Waals surface area contributed by atoms with E-state index in [0.29, 0.717) is 0 Å². The summed E-state index contributed by atoms with van der Waals surface area (Å²) in [4.78, 5) is 11.7. The molecule has 5 heteroatoms. The molecule has 0 saturated carbocycles. The van der Waals surface area contributed by atoms with Crippen molar-refractivity contribution in [2.24, 2.45) is 5.92 Å². The van der Waals surface area contributed by atoms with E-state index in [1.165, 1.54) is 11.0 Å². The third kappa shape index (κ3) is 1.74. The first-order valence-electron chi connectivity index (χ1n) is 4.24. The predicted octanol–water partition coefficient (Wildman–Crippen LogP) is 0.633. The van der Waals surface area contributed by atoms with Crippen molar-refractivity contribution in [3.05, 3.63) is 6.33 Å². The smallest absolute Gasteiger partial charge is 0.162 e. The van der Waals surface area contributed by atoms with Gasteiger partial charge in [-0.05, 0) is 24.3 Å². The number of carbonyl (C=O) groups is 1. The Morgan fingerprint density at radius 3 is 2.46 bits per heavy atom. The Labute approximate surface area is 77.1 Å². The Hall–Kier alpha value is -1.26. The number of ketones is 1.